The van der Waals surface area contributed by atoms with Crippen molar-refractivity contribution in [1.82, 2.24) is 14.9 Å². The molecule has 0 fully saturated rings. The first kappa shape index (κ1) is 23.6. The lowest BCUT2D eigenvalue weighted by atomic mass is 10.1. The number of rotatable bonds is 6. The number of nitrogens with one attached hydrogen (secondary N) is 2. The van der Waals surface area contributed by atoms with Gasteiger partial charge in [-0.2, -0.15) is 13.2 Å². The molecule has 5 nitrogen and oxygen atoms in total. The summed E-state index contributed by atoms with van der Waals surface area (Å²) >= 11 is 1.72. The van der Waals surface area contributed by atoms with Crippen LogP contribution in [0.3, 0.4) is 0 Å². The summed E-state index contributed by atoms with van der Waals surface area (Å²) in [4.78, 5) is 33.0. The highest BCUT2D eigenvalue weighted by Gasteiger charge is 2.30. The lowest BCUT2D eigenvalue weighted by Crippen LogP contribution is -2.46. The normalized spacial score (nSPS) is 13.2. The quantitative estimate of drug-likeness (QED) is 0.554. The molecule has 0 saturated carbocycles. The molecule has 0 saturated heterocycles. The molecule has 0 radical (unpaired) electrons. The number of nitrogens with zero attached hydrogens (tertiary/aromatic N) is 1. The molecule has 2 aromatic carbocycles. The van der Waals surface area contributed by atoms with Gasteiger partial charge in [-0.1, -0.05) is 24.3 Å². The van der Waals surface area contributed by atoms with E-state index in [1.807, 2.05) is 38.4 Å². The van der Waals surface area contributed by atoms with E-state index in [1.54, 1.807) is 17.8 Å². The Labute approximate surface area is 186 Å². The second-order valence-corrected chi connectivity index (χ2v) is 8.54. The van der Waals surface area contributed by atoms with Crippen LogP contribution in [-0.2, 0) is 6.18 Å². The Morgan fingerprint density at radius 3 is 2.06 bits per heavy atom. The van der Waals surface area contributed by atoms with E-state index < -0.39 is 22.9 Å². The van der Waals surface area contributed by atoms with Gasteiger partial charge in [-0.05, 0) is 61.6 Å². The number of benzene rings is 2. The van der Waals surface area contributed by atoms with Crippen molar-refractivity contribution in [1.29, 1.82) is 0 Å². The minimum absolute atomic E-state index is 0.0594. The second kappa shape index (κ2) is 10.1. The van der Waals surface area contributed by atoms with E-state index in [4.69, 9.17) is 0 Å². The minimum atomic E-state index is -4.50. The van der Waals surface area contributed by atoms with E-state index in [0.717, 1.165) is 34.9 Å². The van der Waals surface area contributed by atoms with Crippen molar-refractivity contribution in [2.75, 3.05) is 26.4 Å². The average molecular weight is 462 g/mol. The first-order chi connectivity index (χ1) is 15.1. The van der Waals surface area contributed by atoms with Gasteiger partial charge in [0, 0.05) is 17.2 Å². The van der Waals surface area contributed by atoms with Gasteiger partial charge in [-0.25, -0.2) is 0 Å². The molecule has 3 aromatic rings. The van der Waals surface area contributed by atoms with Crippen LogP contribution >= 0.6 is 11.8 Å². The van der Waals surface area contributed by atoms with Crippen LogP contribution in [-0.4, -0.2) is 41.3 Å². The van der Waals surface area contributed by atoms with Gasteiger partial charge in [-0.3, -0.25) is 9.59 Å². The van der Waals surface area contributed by atoms with Gasteiger partial charge in [0.05, 0.1) is 5.56 Å². The van der Waals surface area contributed by atoms with E-state index in [9.17, 15) is 22.8 Å². The molecule has 1 heterocycles. The zero-order valence-electron chi connectivity index (χ0n) is 17.5. The highest BCUT2D eigenvalue weighted by molar-refractivity contribution is 7.99. The number of hydrogen-bond acceptors (Lipinski definition) is 4. The van der Waals surface area contributed by atoms with Gasteiger partial charge in [0.1, 0.15) is 10.7 Å². The summed E-state index contributed by atoms with van der Waals surface area (Å²) in [5, 5.41) is -0.0664. The highest BCUT2D eigenvalue weighted by atomic mass is 32.2. The summed E-state index contributed by atoms with van der Waals surface area (Å²) < 4.78 is 38.6. The maximum Gasteiger partial charge on any atom is 0.416 e. The molecule has 2 N–H and O–H groups in total. The third-order valence-electron chi connectivity index (χ3n) is 4.51. The van der Waals surface area contributed by atoms with Crippen LogP contribution < -0.4 is 21.8 Å². The number of hydrogen-bond donors (Lipinski definition) is 2. The van der Waals surface area contributed by atoms with Crippen molar-refractivity contribution < 1.29 is 13.2 Å². The molecule has 32 heavy (non-hydrogen) atoms. The number of halogens is 3. The maximum atomic E-state index is 12.9. The van der Waals surface area contributed by atoms with E-state index in [0.29, 0.717) is 0 Å². The predicted octanol–water partition coefficient (Wildman–Crippen LogP) is 2.39. The minimum Gasteiger partial charge on any atom is -0.316 e. The van der Waals surface area contributed by atoms with Crippen molar-refractivity contribution in [3.05, 3.63) is 96.6 Å². The highest BCUT2D eigenvalue weighted by Crippen LogP contribution is 2.29. The molecule has 0 aliphatic carbocycles. The second-order valence-electron chi connectivity index (χ2n) is 7.37. The molecule has 0 amide bonds. The lowest BCUT2D eigenvalue weighted by Gasteiger charge is -2.08. The SMILES string of the molecule is CN(C)CCSc1ccc(C=c2[nH]c(=O)c(=Cc3cccc(C(F)(F)F)c3)[nH]c2=O)cc1. The Bertz CT molecular complexity index is 1310. The van der Waals surface area contributed by atoms with Crippen LogP contribution in [0.25, 0.3) is 12.2 Å². The van der Waals surface area contributed by atoms with Crippen LogP contribution in [0.1, 0.15) is 16.7 Å². The fraction of sp³-hybridized carbons (Fsp3) is 0.217. The third kappa shape index (κ3) is 6.48. The van der Waals surface area contributed by atoms with Gasteiger partial charge in [0.2, 0.25) is 0 Å². The molecule has 0 bridgehead atoms. The summed E-state index contributed by atoms with van der Waals surface area (Å²) in [5.74, 6) is 0.951. The van der Waals surface area contributed by atoms with Gasteiger partial charge >= 0.3 is 6.18 Å². The van der Waals surface area contributed by atoms with Gasteiger partial charge in [-0.15, -0.1) is 11.8 Å². The number of alkyl halides is 3. The number of aromatic amines is 2. The number of H-pyrrole nitrogens is 2. The molecule has 0 spiro atoms. The Kier molecular flexibility index (Phi) is 7.42. The fourth-order valence-corrected chi connectivity index (χ4v) is 3.86. The third-order valence-corrected chi connectivity index (χ3v) is 5.50. The molecule has 168 valence electrons. The van der Waals surface area contributed by atoms with Crippen molar-refractivity contribution in [2.45, 2.75) is 11.1 Å². The van der Waals surface area contributed by atoms with Crippen LogP contribution in [0.4, 0.5) is 13.2 Å². The van der Waals surface area contributed by atoms with Gasteiger partial charge < -0.3 is 14.9 Å². The van der Waals surface area contributed by atoms with Crippen molar-refractivity contribution in [3.8, 4) is 0 Å². The number of thioether (sulfide) groups is 1. The van der Waals surface area contributed by atoms with Crippen molar-refractivity contribution >= 4 is 23.9 Å². The zero-order chi connectivity index (χ0) is 23.3. The number of aromatic nitrogens is 2. The molecule has 1 aromatic heterocycles. The van der Waals surface area contributed by atoms with E-state index in [1.165, 1.54) is 18.2 Å². The lowest BCUT2D eigenvalue weighted by molar-refractivity contribution is -0.137. The molecule has 0 unspecified atom stereocenters. The molecule has 0 atom stereocenters. The summed E-state index contributed by atoms with van der Waals surface area (Å²) in [7, 11) is 4.03. The molecular weight excluding hydrogens is 439 g/mol. The summed E-state index contributed by atoms with van der Waals surface area (Å²) in [6.45, 7) is 0.957. The van der Waals surface area contributed by atoms with E-state index >= 15 is 0 Å². The van der Waals surface area contributed by atoms with E-state index in [-0.39, 0.29) is 16.3 Å². The molecule has 9 heteroatoms. The Morgan fingerprint density at radius 2 is 1.50 bits per heavy atom. The first-order valence-electron chi connectivity index (χ1n) is 9.73. The van der Waals surface area contributed by atoms with Gasteiger partial charge in [0.15, 0.2) is 0 Å². The maximum absolute atomic E-state index is 12.9. The van der Waals surface area contributed by atoms with Crippen molar-refractivity contribution in [2.24, 2.45) is 0 Å². The average Bonchev–Trinajstić information content (AvgIpc) is 2.72. The van der Waals surface area contributed by atoms with E-state index in [2.05, 4.69) is 14.9 Å². The Morgan fingerprint density at radius 1 is 0.906 bits per heavy atom. The fourth-order valence-electron chi connectivity index (χ4n) is 2.84. The Hall–Kier alpha value is -3.04. The van der Waals surface area contributed by atoms with Crippen LogP contribution in [0.15, 0.2) is 63.0 Å². The first-order valence-corrected chi connectivity index (χ1v) is 10.7. The topological polar surface area (TPSA) is 69.0 Å². The van der Waals surface area contributed by atoms with Crippen LogP contribution in [0, 0.1) is 0 Å². The monoisotopic (exact) mass is 461 g/mol. The largest absolute Gasteiger partial charge is 0.416 e. The van der Waals surface area contributed by atoms with Gasteiger partial charge in [0.25, 0.3) is 11.1 Å². The standard InChI is InChI=1S/C23H22F3N3O2S/c1-29(2)10-11-32-18-8-6-15(7-9-18)13-19-21(30)28-20(22(31)27-19)14-16-4-3-5-17(12-16)23(24,25)26/h3-9,12-14H,10-11H2,1-2H3,(H,27,31)(H,28,30). The summed E-state index contributed by atoms with van der Waals surface area (Å²) in [5.41, 5.74) is -1.10. The molecule has 0 aliphatic rings. The summed E-state index contributed by atoms with van der Waals surface area (Å²) in [6.07, 6.45) is -1.75. The smallest absolute Gasteiger partial charge is 0.316 e. The zero-order valence-corrected chi connectivity index (χ0v) is 18.3. The predicted molar refractivity (Wildman–Crippen MR) is 121 cm³/mol. The molecular formula is C23H22F3N3O2S. The van der Waals surface area contributed by atoms with Crippen LogP contribution in [0.5, 0.6) is 0 Å². The van der Waals surface area contributed by atoms with Crippen LogP contribution in [0.2, 0.25) is 0 Å². The molecule has 3 rings (SSSR count). The molecule has 0 aliphatic heterocycles. The Balaban J connectivity index is 1.88. The summed E-state index contributed by atoms with van der Waals surface area (Å²) in [6, 6.07) is 12.1. The van der Waals surface area contributed by atoms with Crippen molar-refractivity contribution in [3.63, 3.8) is 0 Å².